The van der Waals surface area contributed by atoms with Gasteiger partial charge in [-0.25, -0.2) is 4.98 Å². The van der Waals surface area contributed by atoms with Crippen LogP contribution in [0, 0.1) is 0 Å². The molecule has 0 fully saturated rings. The number of nitrogens with zero attached hydrogens (tertiary/aromatic N) is 3. The Hall–Kier alpha value is -2.90. The zero-order valence-corrected chi connectivity index (χ0v) is 20.2. The number of imidazole rings is 1. The number of aryl methyl sites for hydroxylation is 2. The van der Waals surface area contributed by atoms with Crippen molar-refractivity contribution in [1.29, 1.82) is 0 Å². The number of rotatable bonds is 4. The summed E-state index contributed by atoms with van der Waals surface area (Å²) in [5, 5.41) is 1.50. The largest absolute Gasteiger partial charge is 0.335 e. The van der Waals surface area contributed by atoms with Crippen LogP contribution in [0.2, 0.25) is 9.36 Å². The molecule has 33 heavy (non-hydrogen) atoms. The molecule has 3 aromatic heterocycles. The minimum Gasteiger partial charge on any atom is -0.335 e. The van der Waals surface area contributed by atoms with Gasteiger partial charge in [0.25, 0.3) is 5.56 Å². The number of nitrogens with two attached hydrogens (primary N) is 1. The molecule has 0 amide bonds. The molecule has 0 aliphatic carbocycles. The number of aromatic nitrogens is 3. The van der Waals surface area contributed by atoms with E-state index in [0.717, 1.165) is 38.2 Å². The standard InChI is InChI=1S/C25H20Cl2N4OS/c1-30-14-29-13-20(30)25(28,21-9-10-22(27)33-21)19-8-4-7-17-18(12-23(32)31(2)24(17)19)15-5-3-6-16(26)11-15/h3-14H,28H2,1-2H3. The van der Waals surface area contributed by atoms with Crippen molar-refractivity contribution in [3.8, 4) is 11.1 Å². The highest BCUT2D eigenvalue weighted by atomic mass is 35.5. The molecule has 5 rings (SSSR count). The average Bonchev–Trinajstić information content (AvgIpc) is 3.44. The van der Waals surface area contributed by atoms with Crippen LogP contribution in [0.4, 0.5) is 0 Å². The third-order valence-electron chi connectivity index (χ3n) is 6.00. The fourth-order valence-corrected chi connectivity index (χ4v) is 5.76. The summed E-state index contributed by atoms with van der Waals surface area (Å²) in [7, 11) is 3.67. The van der Waals surface area contributed by atoms with Crippen molar-refractivity contribution in [2.75, 3.05) is 0 Å². The lowest BCUT2D eigenvalue weighted by atomic mass is 9.83. The molecule has 1 atom stereocenters. The van der Waals surface area contributed by atoms with Crippen LogP contribution in [0.25, 0.3) is 22.0 Å². The third kappa shape index (κ3) is 3.50. The van der Waals surface area contributed by atoms with E-state index in [0.29, 0.717) is 9.36 Å². The van der Waals surface area contributed by atoms with Gasteiger partial charge in [-0.15, -0.1) is 11.3 Å². The van der Waals surface area contributed by atoms with Gasteiger partial charge in [0.05, 0.1) is 28.1 Å². The lowest BCUT2D eigenvalue weighted by molar-refractivity contribution is 0.608. The first-order valence-corrected chi connectivity index (χ1v) is 11.8. The molecule has 1 unspecified atom stereocenters. The van der Waals surface area contributed by atoms with Gasteiger partial charge in [-0.3, -0.25) is 4.79 Å². The average molecular weight is 495 g/mol. The molecule has 8 heteroatoms. The second-order valence-corrected chi connectivity index (χ2v) is 10.1. The second-order valence-electron chi connectivity index (χ2n) is 7.97. The summed E-state index contributed by atoms with van der Waals surface area (Å²) in [6.45, 7) is 0. The van der Waals surface area contributed by atoms with E-state index in [2.05, 4.69) is 4.98 Å². The van der Waals surface area contributed by atoms with E-state index in [4.69, 9.17) is 28.9 Å². The van der Waals surface area contributed by atoms with Crippen molar-refractivity contribution < 1.29 is 0 Å². The molecule has 0 aliphatic heterocycles. The van der Waals surface area contributed by atoms with Crippen LogP contribution in [0.15, 0.2) is 78.0 Å². The van der Waals surface area contributed by atoms with Gasteiger partial charge in [-0.2, -0.15) is 0 Å². The lowest BCUT2D eigenvalue weighted by Gasteiger charge is -2.31. The number of hydrogen-bond donors (Lipinski definition) is 1. The van der Waals surface area contributed by atoms with Gasteiger partial charge in [0.15, 0.2) is 0 Å². The number of fused-ring (bicyclic) bond motifs is 1. The highest BCUT2D eigenvalue weighted by Gasteiger charge is 2.38. The second kappa shape index (κ2) is 8.15. The minimum atomic E-state index is -1.08. The molecular weight excluding hydrogens is 475 g/mol. The molecular formula is C25H20Cl2N4OS. The molecule has 0 bridgehead atoms. The first kappa shape index (κ1) is 21.9. The van der Waals surface area contributed by atoms with Gasteiger partial charge in [0, 0.05) is 41.0 Å². The van der Waals surface area contributed by atoms with Crippen molar-refractivity contribution in [3.05, 3.63) is 109 Å². The summed E-state index contributed by atoms with van der Waals surface area (Å²) in [4.78, 5) is 18.3. The number of para-hydroxylation sites is 1. The van der Waals surface area contributed by atoms with Crippen LogP contribution in [-0.4, -0.2) is 14.1 Å². The maximum Gasteiger partial charge on any atom is 0.251 e. The summed E-state index contributed by atoms with van der Waals surface area (Å²) in [5.41, 5.74) is 10.0. The maximum atomic E-state index is 13.1. The van der Waals surface area contributed by atoms with E-state index in [1.165, 1.54) is 11.3 Å². The first-order chi connectivity index (χ1) is 15.8. The minimum absolute atomic E-state index is 0.138. The Kier molecular flexibility index (Phi) is 5.41. The predicted molar refractivity (Wildman–Crippen MR) is 136 cm³/mol. The van der Waals surface area contributed by atoms with Gasteiger partial charge >= 0.3 is 0 Å². The molecule has 0 saturated heterocycles. The summed E-state index contributed by atoms with van der Waals surface area (Å²) >= 11 is 14.0. The van der Waals surface area contributed by atoms with E-state index in [1.807, 2.05) is 66.2 Å². The molecule has 0 spiro atoms. The zero-order chi connectivity index (χ0) is 23.3. The fraction of sp³-hybridized carbons (Fsp3) is 0.120. The molecule has 0 saturated carbocycles. The van der Waals surface area contributed by atoms with Crippen molar-refractivity contribution in [2.45, 2.75) is 5.54 Å². The molecule has 3 heterocycles. The maximum absolute atomic E-state index is 13.1. The zero-order valence-electron chi connectivity index (χ0n) is 17.9. The SMILES string of the molecule is Cn1cncc1C(N)(c1ccc(Cl)s1)c1cccc2c(-c3cccc(Cl)c3)cc(=O)n(C)c12. The van der Waals surface area contributed by atoms with Gasteiger partial charge in [-0.1, -0.05) is 53.5 Å². The molecule has 5 nitrogen and oxygen atoms in total. The van der Waals surface area contributed by atoms with E-state index in [1.54, 1.807) is 30.2 Å². The number of halogens is 2. The van der Waals surface area contributed by atoms with Gasteiger partial charge in [0.2, 0.25) is 0 Å². The van der Waals surface area contributed by atoms with Gasteiger partial charge in [-0.05, 0) is 35.4 Å². The van der Waals surface area contributed by atoms with Crippen molar-refractivity contribution in [2.24, 2.45) is 19.8 Å². The Morgan fingerprint density at radius 1 is 1.03 bits per heavy atom. The molecule has 5 aromatic rings. The highest BCUT2D eigenvalue weighted by molar-refractivity contribution is 7.16. The van der Waals surface area contributed by atoms with E-state index >= 15 is 0 Å². The topological polar surface area (TPSA) is 65.8 Å². The van der Waals surface area contributed by atoms with E-state index in [9.17, 15) is 4.79 Å². The summed E-state index contributed by atoms with van der Waals surface area (Å²) in [5.74, 6) is 0. The normalized spacial score (nSPS) is 13.4. The third-order valence-corrected chi connectivity index (χ3v) is 7.60. The van der Waals surface area contributed by atoms with Gasteiger partial charge < -0.3 is 14.9 Å². The number of hydrogen-bond acceptors (Lipinski definition) is 4. The summed E-state index contributed by atoms with van der Waals surface area (Å²) in [6.07, 6.45) is 3.47. The Bertz CT molecular complexity index is 1570. The Labute approximate surface area is 204 Å². The van der Waals surface area contributed by atoms with Crippen LogP contribution >= 0.6 is 34.5 Å². The van der Waals surface area contributed by atoms with Crippen LogP contribution in [0.3, 0.4) is 0 Å². The Balaban J connectivity index is 1.92. The molecule has 0 aliphatic rings. The highest BCUT2D eigenvalue weighted by Crippen LogP contribution is 2.42. The number of pyridine rings is 1. The molecule has 2 N–H and O–H groups in total. The van der Waals surface area contributed by atoms with Crippen molar-refractivity contribution in [1.82, 2.24) is 14.1 Å². The fourth-order valence-electron chi connectivity index (χ4n) is 4.40. The summed E-state index contributed by atoms with van der Waals surface area (Å²) < 4.78 is 4.17. The van der Waals surface area contributed by atoms with Crippen LogP contribution in [0.5, 0.6) is 0 Å². The summed E-state index contributed by atoms with van der Waals surface area (Å²) in [6, 6.07) is 18.8. The molecule has 0 radical (unpaired) electrons. The lowest BCUT2D eigenvalue weighted by Crippen LogP contribution is -2.41. The van der Waals surface area contributed by atoms with Crippen molar-refractivity contribution >= 4 is 45.4 Å². The predicted octanol–water partition coefficient (Wildman–Crippen LogP) is 5.56. The number of benzene rings is 2. The quantitative estimate of drug-likeness (QED) is 0.355. The Morgan fingerprint density at radius 3 is 2.48 bits per heavy atom. The monoisotopic (exact) mass is 494 g/mol. The molecule has 2 aromatic carbocycles. The van der Waals surface area contributed by atoms with Crippen molar-refractivity contribution in [3.63, 3.8) is 0 Å². The first-order valence-electron chi connectivity index (χ1n) is 10.2. The molecule has 166 valence electrons. The smallest absolute Gasteiger partial charge is 0.251 e. The van der Waals surface area contributed by atoms with Crippen LogP contribution < -0.4 is 11.3 Å². The van der Waals surface area contributed by atoms with E-state index < -0.39 is 5.54 Å². The van der Waals surface area contributed by atoms with E-state index in [-0.39, 0.29) is 5.56 Å². The van der Waals surface area contributed by atoms with Crippen LogP contribution in [-0.2, 0) is 19.6 Å². The van der Waals surface area contributed by atoms with Crippen LogP contribution in [0.1, 0.15) is 16.1 Å². The number of thiophene rings is 1. The van der Waals surface area contributed by atoms with Gasteiger partial charge in [0.1, 0.15) is 5.54 Å². The Morgan fingerprint density at radius 2 is 1.82 bits per heavy atom.